The molecule has 0 unspecified atom stereocenters. The molecule has 1 aromatic carbocycles. The Labute approximate surface area is 119 Å². The zero-order valence-corrected chi connectivity index (χ0v) is 12.4. The van der Waals surface area contributed by atoms with E-state index in [0.29, 0.717) is 6.54 Å². The average Bonchev–Trinajstić information content (AvgIpc) is 2.40. The summed E-state index contributed by atoms with van der Waals surface area (Å²) >= 11 is 5.91. The summed E-state index contributed by atoms with van der Waals surface area (Å²) in [4.78, 5) is 2.44. The average molecular weight is 303 g/mol. The van der Waals surface area contributed by atoms with Crippen LogP contribution in [0.2, 0.25) is 5.02 Å². The lowest BCUT2D eigenvalue weighted by molar-refractivity contribution is 0.233. The van der Waals surface area contributed by atoms with Crippen LogP contribution >= 0.6 is 11.6 Å². The maximum atomic E-state index is 12.1. The molecule has 0 aromatic heterocycles. The lowest BCUT2D eigenvalue weighted by Gasteiger charge is -2.26. The molecule has 0 spiro atoms. The van der Waals surface area contributed by atoms with Crippen molar-refractivity contribution >= 4 is 21.6 Å². The standard InChI is InChI=1S/C13H19ClN2O2S/c14-12-6-2-3-7-13(12)19(17,18)15-8-11-16-9-4-1-5-10-16/h2-3,6-7,15H,1,4-5,8-11H2. The van der Waals surface area contributed by atoms with Gasteiger partial charge in [-0.25, -0.2) is 13.1 Å². The molecule has 19 heavy (non-hydrogen) atoms. The summed E-state index contributed by atoms with van der Waals surface area (Å²) in [5, 5.41) is 0.257. The molecule has 1 N–H and O–H groups in total. The topological polar surface area (TPSA) is 49.4 Å². The number of piperidine rings is 1. The van der Waals surface area contributed by atoms with Gasteiger partial charge in [-0.15, -0.1) is 0 Å². The van der Waals surface area contributed by atoms with Gasteiger partial charge < -0.3 is 4.90 Å². The highest BCUT2D eigenvalue weighted by Gasteiger charge is 2.17. The third-order valence-electron chi connectivity index (χ3n) is 3.29. The summed E-state index contributed by atoms with van der Waals surface area (Å²) in [6.07, 6.45) is 3.69. The molecule has 0 atom stereocenters. The normalized spacial score (nSPS) is 17.5. The molecule has 1 heterocycles. The first kappa shape index (κ1) is 14.8. The number of benzene rings is 1. The number of nitrogens with zero attached hydrogens (tertiary/aromatic N) is 1. The summed E-state index contributed by atoms with van der Waals surface area (Å²) < 4.78 is 26.8. The fraction of sp³-hybridized carbons (Fsp3) is 0.538. The number of hydrogen-bond acceptors (Lipinski definition) is 3. The molecule has 1 saturated heterocycles. The van der Waals surface area contributed by atoms with Gasteiger partial charge in [0.15, 0.2) is 0 Å². The van der Waals surface area contributed by atoms with E-state index in [9.17, 15) is 8.42 Å². The Kier molecular flexibility index (Phi) is 5.21. The van der Waals surface area contributed by atoms with E-state index in [1.807, 2.05) is 0 Å². The highest BCUT2D eigenvalue weighted by Crippen LogP contribution is 2.19. The van der Waals surface area contributed by atoms with Crippen LogP contribution in [-0.4, -0.2) is 39.5 Å². The molecule has 0 amide bonds. The molecule has 4 nitrogen and oxygen atoms in total. The van der Waals surface area contributed by atoms with Crippen molar-refractivity contribution in [1.82, 2.24) is 9.62 Å². The summed E-state index contributed by atoms with van der Waals surface area (Å²) in [5.74, 6) is 0. The third-order valence-corrected chi connectivity index (χ3v) is 5.26. The summed E-state index contributed by atoms with van der Waals surface area (Å²) in [7, 11) is -3.50. The Hall–Kier alpha value is -0.620. The maximum Gasteiger partial charge on any atom is 0.242 e. The van der Waals surface area contributed by atoms with Crippen LogP contribution in [0.4, 0.5) is 0 Å². The third kappa shape index (κ3) is 4.18. The molecular formula is C13H19ClN2O2S. The van der Waals surface area contributed by atoms with Crippen LogP contribution in [0.25, 0.3) is 0 Å². The first-order valence-electron chi connectivity index (χ1n) is 6.56. The van der Waals surface area contributed by atoms with Crippen LogP contribution in [0.15, 0.2) is 29.2 Å². The quantitative estimate of drug-likeness (QED) is 0.906. The molecule has 1 fully saturated rings. The van der Waals surface area contributed by atoms with E-state index < -0.39 is 10.0 Å². The summed E-state index contributed by atoms with van der Waals surface area (Å²) in [5.41, 5.74) is 0. The first-order chi connectivity index (χ1) is 9.09. The van der Waals surface area contributed by atoms with Crippen molar-refractivity contribution in [2.24, 2.45) is 0 Å². The minimum atomic E-state index is -3.50. The van der Waals surface area contributed by atoms with Crippen molar-refractivity contribution in [3.05, 3.63) is 29.3 Å². The van der Waals surface area contributed by atoms with Crippen LogP contribution in [-0.2, 0) is 10.0 Å². The molecule has 2 rings (SSSR count). The second-order valence-corrected chi connectivity index (χ2v) is 6.87. The van der Waals surface area contributed by atoms with E-state index >= 15 is 0 Å². The van der Waals surface area contributed by atoms with Crippen LogP contribution in [0.3, 0.4) is 0 Å². The molecule has 0 saturated carbocycles. The Balaban J connectivity index is 1.89. The molecule has 0 bridgehead atoms. The van der Waals surface area contributed by atoms with E-state index in [1.165, 1.54) is 25.3 Å². The Morgan fingerprint density at radius 3 is 2.53 bits per heavy atom. The van der Waals surface area contributed by atoms with Gasteiger partial charge in [-0.05, 0) is 38.1 Å². The molecule has 6 heteroatoms. The van der Waals surface area contributed by atoms with Crippen LogP contribution < -0.4 is 4.72 Å². The number of rotatable bonds is 5. The van der Waals surface area contributed by atoms with Crippen molar-refractivity contribution < 1.29 is 8.42 Å². The van der Waals surface area contributed by atoms with Gasteiger partial charge in [-0.3, -0.25) is 0 Å². The van der Waals surface area contributed by atoms with Crippen LogP contribution in [0, 0.1) is 0 Å². The predicted octanol–water partition coefficient (Wildman–Crippen LogP) is 2.10. The smallest absolute Gasteiger partial charge is 0.242 e. The van der Waals surface area contributed by atoms with E-state index in [-0.39, 0.29) is 9.92 Å². The van der Waals surface area contributed by atoms with Crippen LogP contribution in [0.5, 0.6) is 0 Å². The number of nitrogens with one attached hydrogen (secondary N) is 1. The SMILES string of the molecule is O=S(=O)(NCCN1CCCCC1)c1ccccc1Cl. The molecule has 1 aliphatic rings. The molecule has 1 aromatic rings. The van der Waals surface area contributed by atoms with E-state index in [1.54, 1.807) is 18.2 Å². The van der Waals surface area contributed by atoms with Crippen molar-refractivity contribution in [2.45, 2.75) is 24.2 Å². The highest BCUT2D eigenvalue weighted by atomic mass is 35.5. The van der Waals surface area contributed by atoms with Gasteiger partial charge in [0.25, 0.3) is 0 Å². The summed E-state index contributed by atoms with van der Waals surface area (Å²) in [6.45, 7) is 3.30. The van der Waals surface area contributed by atoms with Gasteiger partial charge in [0.05, 0.1) is 5.02 Å². The maximum absolute atomic E-state index is 12.1. The van der Waals surface area contributed by atoms with Crippen molar-refractivity contribution in [3.63, 3.8) is 0 Å². The zero-order valence-electron chi connectivity index (χ0n) is 10.8. The molecule has 0 radical (unpaired) electrons. The van der Waals surface area contributed by atoms with E-state index in [4.69, 9.17) is 11.6 Å². The molecule has 0 aliphatic carbocycles. The number of halogens is 1. The van der Waals surface area contributed by atoms with Crippen molar-refractivity contribution in [3.8, 4) is 0 Å². The second-order valence-electron chi connectivity index (χ2n) is 4.73. The van der Waals surface area contributed by atoms with Crippen molar-refractivity contribution in [2.75, 3.05) is 26.2 Å². The highest BCUT2D eigenvalue weighted by molar-refractivity contribution is 7.89. The van der Waals surface area contributed by atoms with E-state index in [2.05, 4.69) is 9.62 Å². The van der Waals surface area contributed by atoms with E-state index in [0.717, 1.165) is 19.6 Å². The number of likely N-dealkylation sites (tertiary alicyclic amines) is 1. The number of hydrogen-bond donors (Lipinski definition) is 1. The molecule has 106 valence electrons. The lowest BCUT2D eigenvalue weighted by atomic mass is 10.1. The minimum absolute atomic E-state index is 0.148. The summed E-state index contributed by atoms with van der Waals surface area (Å²) in [6, 6.07) is 6.49. The fourth-order valence-corrected chi connectivity index (χ4v) is 3.80. The second kappa shape index (κ2) is 6.70. The van der Waals surface area contributed by atoms with Gasteiger partial charge in [0, 0.05) is 13.1 Å². The molecule has 1 aliphatic heterocycles. The monoisotopic (exact) mass is 302 g/mol. The Morgan fingerprint density at radius 1 is 1.16 bits per heavy atom. The zero-order chi connectivity index (χ0) is 13.7. The minimum Gasteiger partial charge on any atom is -0.302 e. The first-order valence-corrected chi connectivity index (χ1v) is 8.42. The van der Waals surface area contributed by atoms with Gasteiger partial charge in [0.2, 0.25) is 10.0 Å². The fourth-order valence-electron chi connectivity index (χ4n) is 2.26. The largest absolute Gasteiger partial charge is 0.302 e. The lowest BCUT2D eigenvalue weighted by Crippen LogP contribution is -2.37. The van der Waals surface area contributed by atoms with Crippen molar-refractivity contribution in [1.29, 1.82) is 0 Å². The Morgan fingerprint density at radius 2 is 1.84 bits per heavy atom. The van der Waals surface area contributed by atoms with Gasteiger partial charge in [0.1, 0.15) is 4.90 Å². The molecular weight excluding hydrogens is 284 g/mol. The number of sulfonamides is 1. The Bertz CT molecular complexity index is 513. The predicted molar refractivity (Wildman–Crippen MR) is 76.9 cm³/mol. The van der Waals surface area contributed by atoms with Gasteiger partial charge in [-0.2, -0.15) is 0 Å². The van der Waals surface area contributed by atoms with Crippen LogP contribution in [0.1, 0.15) is 19.3 Å². The van der Waals surface area contributed by atoms with Gasteiger partial charge >= 0.3 is 0 Å². The van der Waals surface area contributed by atoms with Gasteiger partial charge in [-0.1, -0.05) is 30.2 Å².